The second kappa shape index (κ2) is 4.71. The van der Waals surface area contributed by atoms with Crippen molar-refractivity contribution in [1.82, 2.24) is 4.98 Å². The van der Waals surface area contributed by atoms with E-state index in [9.17, 15) is 0 Å². The molecule has 1 atom stereocenters. The fourth-order valence-corrected chi connectivity index (χ4v) is 1.59. The van der Waals surface area contributed by atoms with Crippen LogP contribution in [0.2, 0.25) is 0 Å². The number of hydrogen-bond acceptors (Lipinski definition) is 2. The fraction of sp³-hybridized carbons (Fsp3) is 0.154. The highest BCUT2D eigenvalue weighted by atomic mass is 14.6. The van der Waals surface area contributed by atoms with E-state index >= 15 is 0 Å². The first-order valence-corrected chi connectivity index (χ1v) is 5.05. The molecule has 0 unspecified atom stereocenters. The molecule has 0 amide bonds. The molecule has 0 fully saturated rings. The smallest absolute Gasteiger partial charge is 0.0335 e. The fourth-order valence-electron chi connectivity index (χ4n) is 1.59. The van der Waals surface area contributed by atoms with Gasteiger partial charge in [-0.3, -0.25) is 4.98 Å². The Balaban J connectivity index is 2.08. The number of aromatic nitrogens is 1. The van der Waals surface area contributed by atoms with Gasteiger partial charge in [-0.1, -0.05) is 30.3 Å². The molecule has 0 bridgehead atoms. The molecule has 1 aromatic heterocycles. The van der Waals surface area contributed by atoms with Gasteiger partial charge in [-0.15, -0.1) is 0 Å². The van der Waals surface area contributed by atoms with Crippen LogP contribution in [-0.4, -0.2) is 4.98 Å². The molecule has 0 saturated heterocycles. The maximum atomic E-state index is 6.11. The van der Waals surface area contributed by atoms with Crippen molar-refractivity contribution in [2.45, 2.75) is 12.5 Å². The van der Waals surface area contributed by atoms with Crippen molar-refractivity contribution in [3.05, 3.63) is 66.0 Å². The zero-order chi connectivity index (χ0) is 10.5. The second-order valence-electron chi connectivity index (χ2n) is 3.58. The molecule has 2 nitrogen and oxygen atoms in total. The molecule has 0 saturated carbocycles. The van der Waals surface area contributed by atoms with Gasteiger partial charge < -0.3 is 5.73 Å². The van der Waals surface area contributed by atoms with E-state index in [1.54, 1.807) is 12.4 Å². The van der Waals surface area contributed by atoms with Crippen LogP contribution in [0.3, 0.4) is 0 Å². The Morgan fingerprint density at radius 3 is 2.33 bits per heavy atom. The molecule has 1 aromatic carbocycles. The highest BCUT2D eigenvalue weighted by Crippen LogP contribution is 2.14. The Morgan fingerprint density at radius 2 is 1.67 bits per heavy atom. The highest BCUT2D eigenvalue weighted by Gasteiger charge is 2.05. The van der Waals surface area contributed by atoms with Crippen molar-refractivity contribution in [3.8, 4) is 0 Å². The molecule has 0 aliphatic rings. The second-order valence-corrected chi connectivity index (χ2v) is 3.58. The van der Waals surface area contributed by atoms with Crippen molar-refractivity contribution in [2.75, 3.05) is 0 Å². The summed E-state index contributed by atoms with van der Waals surface area (Å²) in [6, 6.07) is 14.2. The lowest BCUT2D eigenvalue weighted by molar-refractivity contribution is 0.721. The van der Waals surface area contributed by atoms with E-state index in [-0.39, 0.29) is 6.04 Å². The Kier molecular flexibility index (Phi) is 3.10. The third-order valence-electron chi connectivity index (χ3n) is 2.43. The van der Waals surface area contributed by atoms with E-state index in [0.29, 0.717) is 0 Å². The summed E-state index contributed by atoms with van der Waals surface area (Å²) in [7, 11) is 0. The molecule has 0 spiro atoms. The lowest BCUT2D eigenvalue weighted by atomic mass is 10.0. The highest BCUT2D eigenvalue weighted by molar-refractivity contribution is 5.21. The Morgan fingerprint density at radius 1 is 1.00 bits per heavy atom. The van der Waals surface area contributed by atoms with E-state index in [4.69, 9.17) is 5.73 Å². The molecule has 2 aromatic rings. The molecule has 15 heavy (non-hydrogen) atoms. The number of nitrogens with zero attached hydrogens (tertiary/aromatic N) is 1. The summed E-state index contributed by atoms with van der Waals surface area (Å²) < 4.78 is 0. The molecular formula is C13H14N2. The molecule has 2 rings (SSSR count). The minimum atomic E-state index is 0.0635. The summed E-state index contributed by atoms with van der Waals surface area (Å²) in [5, 5.41) is 0. The maximum absolute atomic E-state index is 6.11. The Labute approximate surface area is 89.8 Å². The van der Waals surface area contributed by atoms with Crippen LogP contribution < -0.4 is 5.73 Å². The van der Waals surface area contributed by atoms with Crippen LogP contribution in [0, 0.1) is 0 Å². The monoisotopic (exact) mass is 198 g/mol. The van der Waals surface area contributed by atoms with Crippen LogP contribution in [0.4, 0.5) is 0 Å². The van der Waals surface area contributed by atoms with Gasteiger partial charge in [0.1, 0.15) is 0 Å². The zero-order valence-electron chi connectivity index (χ0n) is 8.51. The van der Waals surface area contributed by atoms with Crippen molar-refractivity contribution in [1.29, 1.82) is 0 Å². The van der Waals surface area contributed by atoms with Gasteiger partial charge in [-0.25, -0.2) is 0 Å². The third-order valence-corrected chi connectivity index (χ3v) is 2.43. The summed E-state index contributed by atoms with van der Waals surface area (Å²) in [5.74, 6) is 0. The van der Waals surface area contributed by atoms with E-state index in [1.807, 2.05) is 30.3 Å². The van der Waals surface area contributed by atoms with Crippen molar-refractivity contribution in [3.63, 3.8) is 0 Å². The quantitative estimate of drug-likeness (QED) is 0.822. The first-order chi connectivity index (χ1) is 7.36. The molecule has 0 aliphatic carbocycles. The minimum absolute atomic E-state index is 0.0635. The number of rotatable bonds is 3. The number of benzene rings is 1. The third kappa shape index (κ3) is 2.64. The van der Waals surface area contributed by atoms with Gasteiger partial charge in [-0.05, 0) is 29.7 Å². The lowest BCUT2D eigenvalue weighted by Gasteiger charge is -2.11. The molecular weight excluding hydrogens is 184 g/mol. The zero-order valence-corrected chi connectivity index (χ0v) is 8.51. The van der Waals surface area contributed by atoms with Gasteiger partial charge in [0.15, 0.2) is 0 Å². The molecule has 2 N–H and O–H groups in total. The van der Waals surface area contributed by atoms with Gasteiger partial charge >= 0.3 is 0 Å². The van der Waals surface area contributed by atoms with Gasteiger partial charge in [0.2, 0.25) is 0 Å². The van der Waals surface area contributed by atoms with Crippen LogP contribution in [-0.2, 0) is 6.42 Å². The number of nitrogens with two attached hydrogens (primary N) is 1. The standard InChI is InChI=1S/C13H14N2/c14-13(12-4-2-1-3-5-12)10-11-6-8-15-9-7-11/h1-9,13H,10,14H2/t13-/m0/s1. The van der Waals surface area contributed by atoms with Gasteiger partial charge in [0.25, 0.3) is 0 Å². The van der Waals surface area contributed by atoms with Gasteiger partial charge in [0, 0.05) is 18.4 Å². The summed E-state index contributed by atoms with van der Waals surface area (Å²) in [6.45, 7) is 0. The van der Waals surface area contributed by atoms with Gasteiger partial charge in [0.05, 0.1) is 0 Å². The Hall–Kier alpha value is -1.67. The largest absolute Gasteiger partial charge is 0.324 e. The van der Waals surface area contributed by atoms with Crippen LogP contribution >= 0.6 is 0 Å². The van der Waals surface area contributed by atoms with E-state index < -0.39 is 0 Å². The first kappa shape index (κ1) is 9.87. The van der Waals surface area contributed by atoms with Crippen LogP contribution in [0.15, 0.2) is 54.9 Å². The molecule has 76 valence electrons. The summed E-state index contributed by atoms with van der Waals surface area (Å²) in [6.07, 6.45) is 4.45. The van der Waals surface area contributed by atoms with Gasteiger partial charge in [-0.2, -0.15) is 0 Å². The molecule has 2 heteroatoms. The van der Waals surface area contributed by atoms with Crippen LogP contribution in [0.5, 0.6) is 0 Å². The van der Waals surface area contributed by atoms with Crippen molar-refractivity contribution in [2.24, 2.45) is 5.73 Å². The van der Waals surface area contributed by atoms with Crippen LogP contribution in [0.25, 0.3) is 0 Å². The Bertz CT molecular complexity index is 397. The molecule has 0 aliphatic heterocycles. The average Bonchev–Trinajstić information content (AvgIpc) is 2.31. The summed E-state index contributed by atoms with van der Waals surface area (Å²) in [4.78, 5) is 3.98. The topological polar surface area (TPSA) is 38.9 Å². The number of hydrogen-bond donors (Lipinski definition) is 1. The van der Waals surface area contributed by atoms with Crippen molar-refractivity contribution >= 4 is 0 Å². The predicted octanol–water partition coefficient (Wildman–Crippen LogP) is 2.32. The van der Waals surface area contributed by atoms with E-state index in [1.165, 1.54) is 11.1 Å². The SMILES string of the molecule is N[C@@H](Cc1ccncc1)c1ccccc1. The maximum Gasteiger partial charge on any atom is 0.0335 e. The lowest BCUT2D eigenvalue weighted by Crippen LogP contribution is -2.13. The normalized spacial score (nSPS) is 12.3. The first-order valence-electron chi connectivity index (χ1n) is 5.05. The van der Waals surface area contributed by atoms with E-state index in [0.717, 1.165) is 6.42 Å². The summed E-state index contributed by atoms with van der Waals surface area (Å²) >= 11 is 0. The van der Waals surface area contributed by atoms with Crippen molar-refractivity contribution < 1.29 is 0 Å². The van der Waals surface area contributed by atoms with Crippen LogP contribution in [0.1, 0.15) is 17.2 Å². The predicted molar refractivity (Wildman–Crippen MR) is 61.3 cm³/mol. The number of pyridine rings is 1. The summed E-state index contributed by atoms with van der Waals surface area (Å²) in [5.41, 5.74) is 8.51. The molecule has 1 heterocycles. The minimum Gasteiger partial charge on any atom is -0.324 e. The van der Waals surface area contributed by atoms with E-state index in [2.05, 4.69) is 17.1 Å². The molecule has 0 radical (unpaired) electrons. The average molecular weight is 198 g/mol.